The van der Waals surface area contributed by atoms with E-state index in [4.69, 9.17) is 19.2 Å². The molecule has 0 saturated carbocycles. The van der Waals surface area contributed by atoms with Gasteiger partial charge in [0.05, 0.1) is 52.7 Å². The third-order valence-electron chi connectivity index (χ3n) is 8.15. The minimum Gasteiger partial charge on any atom is -0.465 e. The molecule has 218 valence electrons. The summed E-state index contributed by atoms with van der Waals surface area (Å²) in [5, 5.41) is 14.8. The van der Waals surface area contributed by atoms with Crippen LogP contribution in [-0.4, -0.2) is 56.9 Å². The Labute approximate surface area is 246 Å². The largest absolute Gasteiger partial charge is 0.465 e. The number of hydrogen-bond donors (Lipinski definition) is 1. The molecule has 0 bridgehead atoms. The Morgan fingerprint density at radius 3 is 2.72 bits per heavy atom. The van der Waals surface area contributed by atoms with Crippen molar-refractivity contribution in [3.63, 3.8) is 0 Å². The molecule has 12 heteroatoms. The van der Waals surface area contributed by atoms with Gasteiger partial charge in [-0.2, -0.15) is 0 Å². The molecule has 5 aromatic rings. The summed E-state index contributed by atoms with van der Waals surface area (Å²) in [6.07, 6.45) is 5.58. The molecule has 1 saturated heterocycles. The molecule has 2 aliphatic rings. The number of aromatic nitrogens is 4. The van der Waals surface area contributed by atoms with E-state index < -0.39 is 16.6 Å². The lowest BCUT2D eigenvalue weighted by molar-refractivity contribution is -0.384. The lowest BCUT2D eigenvalue weighted by Gasteiger charge is -2.38. The highest BCUT2D eigenvalue weighted by atomic mass is 16.6. The van der Waals surface area contributed by atoms with E-state index in [0.29, 0.717) is 29.0 Å². The van der Waals surface area contributed by atoms with Gasteiger partial charge in [0, 0.05) is 49.4 Å². The lowest BCUT2D eigenvalue weighted by atomic mass is 9.97. The maximum atomic E-state index is 12.3. The number of benzene rings is 3. The number of rotatable bonds is 7. The maximum Gasteiger partial charge on any atom is 0.337 e. The smallest absolute Gasteiger partial charge is 0.337 e. The van der Waals surface area contributed by atoms with E-state index in [1.54, 1.807) is 37.6 Å². The fourth-order valence-corrected chi connectivity index (χ4v) is 6.04. The predicted octanol–water partition coefficient (Wildman–Crippen LogP) is 5.04. The molecule has 2 atom stereocenters. The average molecular weight is 581 g/mol. The summed E-state index contributed by atoms with van der Waals surface area (Å²) in [5.41, 5.74) is 3.89. The van der Waals surface area contributed by atoms with E-state index in [0.717, 1.165) is 47.7 Å². The van der Waals surface area contributed by atoms with Crippen LogP contribution in [0.15, 0.2) is 73.1 Å². The number of anilines is 1. The quantitative estimate of drug-likeness (QED) is 0.160. The molecule has 12 nitrogen and oxygen atoms in total. The predicted molar refractivity (Wildman–Crippen MR) is 157 cm³/mol. The van der Waals surface area contributed by atoms with Crippen LogP contribution in [0, 0.1) is 10.1 Å². The Kier molecular flexibility index (Phi) is 6.44. The Bertz CT molecular complexity index is 1870. The maximum absolute atomic E-state index is 12.3. The first-order chi connectivity index (χ1) is 20.9. The number of fused-ring (bicyclic) bond motifs is 4. The Morgan fingerprint density at radius 2 is 2.00 bits per heavy atom. The van der Waals surface area contributed by atoms with Crippen molar-refractivity contribution in [1.82, 2.24) is 19.1 Å². The van der Waals surface area contributed by atoms with Crippen LogP contribution in [0.5, 0.6) is 0 Å². The fraction of sp³-hybridized carbons (Fsp3) is 0.258. The van der Waals surface area contributed by atoms with Crippen LogP contribution in [0.2, 0.25) is 0 Å². The topological polar surface area (TPSA) is 136 Å². The number of non-ortho nitro benzene ring substituents is 1. The number of hydrogen-bond acceptors (Lipinski definition) is 9. The van der Waals surface area contributed by atoms with Gasteiger partial charge in [-0.3, -0.25) is 14.7 Å². The van der Waals surface area contributed by atoms with Crippen LogP contribution in [0.4, 0.5) is 11.4 Å². The molecule has 4 heterocycles. The van der Waals surface area contributed by atoms with Gasteiger partial charge < -0.3 is 24.1 Å². The molecular formula is C31H28N6O6. The number of imidazole rings is 2. The van der Waals surface area contributed by atoms with Crippen LogP contribution in [-0.2, 0) is 26.5 Å². The highest BCUT2D eigenvalue weighted by molar-refractivity contribution is 5.94. The molecule has 3 aromatic carbocycles. The minimum atomic E-state index is -1.21. The van der Waals surface area contributed by atoms with Gasteiger partial charge in [-0.15, -0.1) is 0 Å². The number of nitrogens with one attached hydrogen (secondary N) is 1. The van der Waals surface area contributed by atoms with Gasteiger partial charge in [-0.1, -0.05) is 0 Å². The standard InChI is InChI=1S/C31H28N6O6/c1-41-29(38)20-6-12-26-24(17-20)33-28(36(26)18-23-4-3-15-43-23)19-5-11-27-25(16-19)34-31(42-2,30-32-13-14-35(27)30)21-7-9-22(10-8-21)37(39)40/h5-14,16-17,23,34H,3-4,15,18H2,1-2H3. The number of nitro groups is 1. The SMILES string of the molecule is COC(=O)c1ccc2c(c1)nc(-c1ccc3c(c1)NC(OC)(c1ccc([N+](=O)[O-])cc1)c1nccn1-3)n2CC1CCCO1. The molecule has 0 spiro atoms. The number of esters is 1. The summed E-state index contributed by atoms with van der Waals surface area (Å²) in [4.78, 5) is 32.7. The van der Waals surface area contributed by atoms with Crippen LogP contribution in [0.25, 0.3) is 28.1 Å². The minimum absolute atomic E-state index is 0.0163. The molecule has 1 N–H and O–H groups in total. The van der Waals surface area contributed by atoms with E-state index in [1.165, 1.54) is 19.2 Å². The van der Waals surface area contributed by atoms with Crippen molar-refractivity contribution in [2.45, 2.75) is 31.2 Å². The summed E-state index contributed by atoms with van der Waals surface area (Å²) in [7, 11) is 2.93. The lowest BCUT2D eigenvalue weighted by Crippen LogP contribution is -2.44. The van der Waals surface area contributed by atoms with Crippen molar-refractivity contribution in [1.29, 1.82) is 0 Å². The Hall–Kier alpha value is -5.07. The van der Waals surface area contributed by atoms with Gasteiger partial charge >= 0.3 is 5.97 Å². The van der Waals surface area contributed by atoms with E-state index in [-0.39, 0.29) is 11.8 Å². The zero-order valence-electron chi connectivity index (χ0n) is 23.5. The van der Waals surface area contributed by atoms with Crippen LogP contribution < -0.4 is 5.32 Å². The second-order valence-electron chi connectivity index (χ2n) is 10.5. The normalized spacial score (nSPS) is 19.1. The van der Waals surface area contributed by atoms with E-state index in [2.05, 4.69) is 14.9 Å². The molecule has 0 radical (unpaired) electrons. The number of nitro benzene ring substituents is 1. The number of ether oxygens (including phenoxy) is 3. The molecule has 0 amide bonds. The number of methoxy groups -OCH3 is 2. The van der Waals surface area contributed by atoms with Crippen molar-refractivity contribution in [3.8, 4) is 17.1 Å². The average Bonchev–Trinajstić information content (AvgIpc) is 3.81. The summed E-state index contributed by atoms with van der Waals surface area (Å²) >= 11 is 0. The molecule has 1 fully saturated rings. The molecule has 2 unspecified atom stereocenters. The second-order valence-corrected chi connectivity index (χ2v) is 10.5. The van der Waals surface area contributed by atoms with Crippen LogP contribution in [0.1, 0.15) is 34.6 Å². The zero-order valence-corrected chi connectivity index (χ0v) is 23.5. The third kappa shape index (κ3) is 4.34. The number of carbonyl (C=O) groups is 1. The first kappa shape index (κ1) is 26.8. The molecule has 2 aromatic heterocycles. The summed E-state index contributed by atoms with van der Waals surface area (Å²) in [6.45, 7) is 1.35. The monoisotopic (exact) mass is 580 g/mol. The number of nitrogens with zero attached hydrogens (tertiary/aromatic N) is 5. The molecule has 0 aliphatic carbocycles. The molecule has 43 heavy (non-hydrogen) atoms. The van der Waals surface area contributed by atoms with Crippen molar-refractivity contribution in [2.75, 3.05) is 26.1 Å². The first-order valence-corrected chi connectivity index (χ1v) is 13.9. The van der Waals surface area contributed by atoms with Gasteiger partial charge in [0.2, 0.25) is 5.72 Å². The highest BCUT2D eigenvalue weighted by Gasteiger charge is 2.43. The summed E-state index contributed by atoms with van der Waals surface area (Å²) in [6, 6.07) is 17.6. The van der Waals surface area contributed by atoms with Crippen molar-refractivity contribution in [3.05, 3.63) is 100 Å². The van der Waals surface area contributed by atoms with E-state index in [1.807, 2.05) is 35.0 Å². The van der Waals surface area contributed by atoms with Gasteiger partial charge in [0.1, 0.15) is 5.82 Å². The van der Waals surface area contributed by atoms with E-state index in [9.17, 15) is 14.9 Å². The van der Waals surface area contributed by atoms with Gasteiger partial charge in [-0.25, -0.2) is 14.8 Å². The highest BCUT2D eigenvalue weighted by Crippen LogP contribution is 2.43. The number of carbonyl (C=O) groups excluding carboxylic acids is 1. The molecule has 2 aliphatic heterocycles. The van der Waals surface area contributed by atoms with Crippen LogP contribution >= 0.6 is 0 Å². The van der Waals surface area contributed by atoms with E-state index >= 15 is 0 Å². The zero-order chi connectivity index (χ0) is 29.7. The Balaban J connectivity index is 1.36. The first-order valence-electron chi connectivity index (χ1n) is 13.9. The summed E-state index contributed by atoms with van der Waals surface area (Å²) in [5.74, 6) is 0.894. The third-order valence-corrected chi connectivity index (χ3v) is 8.15. The van der Waals surface area contributed by atoms with Gasteiger partial charge in [0.15, 0.2) is 5.82 Å². The molecule has 7 rings (SSSR count). The van der Waals surface area contributed by atoms with Crippen molar-refractivity contribution >= 4 is 28.4 Å². The Morgan fingerprint density at radius 1 is 1.16 bits per heavy atom. The van der Waals surface area contributed by atoms with Crippen molar-refractivity contribution in [2.24, 2.45) is 0 Å². The molecular weight excluding hydrogens is 552 g/mol. The van der Waals surface area contributed by atoms with Gasteiger partial charge in [0.25, 0.3) is 5.69 Å². The van der Waals surface area contributed by atoms with Crippen LogP contribution in [0.3, 0.4) is 0 Å². The fourth-order valence-electron chi connectivity index (χ4n) is 6.04. The van der Waals surface area contributed by atoms with Gasteiger partial charge in [-0.05, 0) is 61.4 Å². The summed E-state index contributed by atoms with van der Waals surface area (Å²) < 4.78 is 21.1. The van der Waals surface area contributed by atoms with Crippen molar-refractivity contribution < 1.29 is 23.9 Å². The second kappa shape index (κ2) is 10.3.